The predicted molar refractivity (Wildman–Crippen MR) is 310 cm³/mol. The van der Waals surface area contributed by atoms with Gasteiger partial charge in [-0.15, -0.1) is 0 Å². The minimum Gasteiger partial charge on any atom is -0.392 e. The minimum atomic E-state index is -4.56. The summed E-state index contributed by atoms with van der Waals surface area (Å²) in [5.74, 6) is -5.97. The number of ketones is 2. The zero-order chi connectivity index (χ0) is 61.3. The molecular weight excluding hydrogens is 1070 g/mol. The summed E-state index contributed by atoms with van der Waals surface area (Å²) in [5, 5.41) is 25.0. The zero-order valence-corrected chi connectivity index (χ0v) is 49.9. The van der Waals surface area contributed by atoms with Crippen molar-refractivity contribution in [2.45, 2.75) is 188 Å². The Labute approximate surface area is 487 Å². The lowest BCUT2D eigenvalue weighted by atomic mass is 9.84. The highest BCUT2D eigenvalue weighted by Gasteiger charge is 2.38. The summed E-state index contributed by atoms with van der Waals surface area (Å²) >= 11 is 0. The topological polar surface area (TPSA) is 245 Å². The van der Waals surface area contributed by atoms with Crippen molar-refractivity contribution in [3.05, 3.63) is 82.9 Å². The number of hydrazine groups is 2. The van der Waals surface area contributed by atoms with E-state index in [0.717, 1.165) is 22.3 Å². The number of allylic oxidation sites excluding steroid dienone is 2. The lowest BCUT2D eigenvalue weighted by Gasteiger charge is -2.35. The van der Waals surface area contributed by atoms with Crippen molar-refractivity contribution in [1.29, 1.82) is 0 Å². The van der Waals surface area contributed by atoms with Crippen LogP contribution < -0.4 is 32.1 Å². The Balaban J connectivity index is 0.000000306. The van der Waals surface area contributed by atoms with E-state index >= 15 is 0 Å². The van der Waals surface area contributed by atoms with Gasteiger partial charge in [0.1, 0.15) is 42.3 Å². The Morgan fingerprint density at radius 1 is 0.566 bits per heavy atom. The highest BCUT2D eigenvalue weighted by molar-refractivity contribution is 5.93. The smallest absolute Gasteiger partial charge is 0.392 e. The van der Waals surface area contributed by atoms with Gasteiger partial charge in [0.2, 0.25) is 23.6 Å². The molecule has 0 radical (unpaired) electrons. The van der Waals surface area contributed by atoms with Crippen LogP contribution >= 0.6 is 0 Å². The molecule has 0 saturated carbocycles. The number of alkyl halides is 3. The summed E-state index contributed by atoms with van der Waals surface area (Å²) in [4.78, 5) is 105. The maximum Gasteiger partial charge on any atom is 0.411 e. The van der Waals surface area contributed by atoms with Gasteiger partial charge in [-0.1, -0.05) is 102 Å². The maximum atomic E-state index is 13.3. The quantitative estimate of drug-likeness (QED) is 0.159. The van der Waals surface area contributed by atoms with Gasteiger partial charge in [-0.25, -0.2) is 10.9 Å². The second-order valence-corrected chi connectivity index (χ2v) is 23.5. The van der Waals surface area contributed by atoms with Crippen molar-refractivity contribution in [2.75, 3.05) is 19.7 Å². The second kappa shape index (κ2) is 31.6. The maximum absolute atomic E-state index is 13.3. The number of hydrogen-bond donors (Lipinski definition) is 7. The zero-order valence-electron chi connectivity index (χ0n) is 49.9. The third kappa shape index (κ3) is 20.5. The molecule has 4 aliphatic heterocycles. The Morgan fingerprint density at radius 2 is 0.976 bits per heavy atom. The number of amides is 6. The summed E-state index contributed by atoms with van der Waals surface area (Å²) in [6, 6.07) is 11.9. The first-order valence-corrected chi connectivity index (χ1v) is 29.4. The van der Waals surface area contributed by atoms with Crippen molar-refractivity contribution in [3.63, 3.8) is 0 Å². The van der Waals surface area contributed by atoms with Crippen LogP contribution in [-0.2, 0) is 43.1 Å². The molecule has 6 amide bonds. The van der Waals surface area contributed by atoms with E-state index in [0.29, 0.717) is 58.0 Å². The summed E-state index contributed by atoms with van der Waals surface area (Å²) in [6.07, 6.45) is 4.89. The minimum absolute atomic E-state index is 0.00629. The molecule has 0 aliphatic carbocycles. The fourth-order valence-electron chi connectivity index (χ4n) is 10.5. The molecule has 2 aromatic carbocycles. The van der Waals surface area contributed by atoms with E-state index < -0.39 is 84.6 Å². The molecule has 7 N–H and O–H groups in total. The van der Waals surface area contributed by atoms with Crippen LogP contribution in [0.5, 0.6) is 0 Å². The van der Waals surface area contributed by atoms with Gasteiger partial charge < -0.3 is 31.1 Å². The lowest BCUT2D eigenvalue weighted by molar-refractivity contribution is -0.191. The number of fused-ring (bicyclic) bond motifs is 8. The van der Waals surface area contributed by atoms with E-state index in [1.54, 1.807) is 27.7 Å². The Hall–Kier alpha value is -6.29. The molecule has 21 heteroatoms. The van der Waals surface area contributed by atoms with Crippen LogP contribution in [0, 0.1) is 35.5 Å². The predicted octanol–water partition coefficient (Wildman–Crippen LogP) is 7.39. The standard InChI is InChI=1S/C32H45F3N4O5.C30H44N4O5/c1-19(2)25-17-27(40)20(3)28(44-18-32(33,34)35)14-7-6-10-23-11-8-12-24(16-23)21(4)36-30(42)26-13-9-15-39(38-26)31(43)22(5)37-29(25)41;1-18(2)24-17-27(36)19(3)26(35)14-7-6-10-22-11-8-12-23(16-22)20(4)31-29(38)25-13-9-15-34(33-25)30(39)21(5)32-28(24)37/h6,8,10-12,16,19-22,25-26,28,38H,7,9,13-15,17-18H2,1-5H3,(H,36,42)(H,37,41);6,8,10-12,16,18-21,24-26,33,35H,7,9,13-15,17H2,1-5H3,(H,31,38)(H,32,37)/b2*10-6+/t20-,21+,22-,25-,26-,28+;19-,20-,21+,24+,25+,26-/m01/s1. The highest BCUT2D eigenvalue weighted by atomic mass is 19.4. The number of hydrogen-bond acceptors (Lipinski definition) is 12. The van der Waals surface area contributed by atoms with E-state index in [1.807, 2.05) is 101 Å². The summed E-state index contributed by atoms with van der Waals surface area (Å²) in [5.41, 5.74) is 9.66. The molecule has 6 rings (SSSR count). The molecule has 458 valence electrons. The number of benzene rings is 2. The van der Waals surface area contributed by atoms with Crippen LogP contribution in [-0.4, -0.2) is 124 Å². The Kier molecular flexibility index (Phi) is 25.7. The molecule has 4 heterocycles. The van der Waals surface area contributed by atoms with Crippen LogP contribution in [0.4, 0.5) is 13.2 Å². The van der Waals surface area contributed by atoms with E-state index in [9.17, 15) is 56.6 Å². The van der Waals surface area contributed by atoms with Crippen molar-refractivity contribution in [2.24, 2.45) is 35.5 Å². The molecule has 0 spiro atoms. The number of aliphatic hydroxyl groups is 1. The largest absolute Gasteiger partial charge is 0.411 e. The van der Waals surface area contributed by atoms with E-state index in [1.165, 1.54) is 23.9 Å². The average molecular weight is 1160 g/mol. The van der Waals surface area contributed by atoms with Crippen molar-refractivity contribution in [3.8, 4) is 0 Å². The summed E-state index contributed by atoms with van der Waals surface area (Å²) in [7, 11) is 0. The highest BCUT2D eigenvalue weighted by Crippen LogP contribution is 2.28. The number of ether oxygens (including phenoxy) is 1. The van der Waals surface area contributed by atoms with E-state index in [-0.39, 0.29) is 78.4 Å². The van der Waals surface area contributed by atoms with Gasteiger partial charge in [-0.2, -0.15) is 13.2 Å². The van der Waals surface area contributed by atoms with E-state index in [2.05, 4.69) is 32.1 Å². The van der Waals surface area contributed by atoms with E-state index in [4.69, 9.17) is 4.74 Å². The number of aliphatic hydroxyl groups excluding tert-OH is 1. The van der Waals surface area contributed by atoms with Gasteiger partial charge in [0.25, 0.3) is 11.8 Å². The molecule has 2 saturated heterocycles. The Morgan fingerprint density at radius 3 is 1.40 bits per heavy atom. The molecule has 12 atom stereocenters. The molecule has 2 fully saturated rings. The van der Waals surface area contributed by atoms with Crippen LogP contribution in [0.2, 0.25) is 0 Å². The number of Topliss-reactive ketones (excluding diaryl/α,β-unsaturated/α-hetero) is 2. The number of nitrogens with zero attached hydrogens (tertiary/aromatic N) is 2. The first-order valence-electron chi connectivity index (χ1n) is 29.4. The van der Waals surface area contributed by atoms with Gasteiger partial charge in [0, 0.05) is 49.6 Å². The number of nitrogens with one attached hydrogen (secondary N) is 6. The summed E-state index contributed by atoms with van der Waals surface area (Å²) in [6.45, 7) is 16.7. The molecule has 0 unspecified atom stereocenters. The van der Waals surface area contributed by atoms with Gasteiger partial charge in [0.05, 0.1) is 24.3 Å². The van der Waals surface area contributed by atoms with Gasteiger partial charge in [-0.05, 0) is 125 Å². The normalized spacial score (nSPS) is 30.2. The van der Waals surface area contributed by atoms with Crippen molar-refractivity contribution < 1.29 is 61.4 Å². The summed E-state index contributed by atoms with van der Waals surface area (Å²) < 4.78 is 44.4. The van der Waals surface area contributed by atoms with Gasteiger partial charge in [0.15, 0.2) is 0 Å². The van der Waals surface area contributed by atoms with Crippen LogP contribution in [0.3, 0.4) is 0 Å². The SMILES string of the molecule is CC(C)[C@@H]1CC(=O)[C@H](C)[C@H](O)CC/C=C/c2cccc(c2)[C@@H](C)NC(=O)[C@@H]2CCCN(N2)C(=O)[C@H](C)NC1=O.CC(C)[C@@H]1CC(=O)[C@H](C)[C@H](OCC(F)(F)F)CC/C=C/c2cccc(c2)[C@@H](C)NC(=O)[C@@H]2CCCN(N2)C(=O)[C@H](C)NC1=O. The lowest BCUT2D eigenvalue weighted by Crippen LogP contribution is -2.61. The third-order valence-corrected chi connectivity index (χ3v) is 16.1. The fraction of sp³-hybridized carbons (Fsp3) is 0.613. The molecular formula is C62H89F3N8O10. The molecule has 83 heavy (non-hydrogen) atoms. The van der Waals surface area contributed by atoms with Crippen LogP contribution in [0.1, 0.15) is 168 Å². The van der Waals surface area contributed by atoms with Crippen LogP contribution in [0.15, 0.2) is 60.7 Å². The first kappa shape index (κ1) is 67.5. The fourth-order valence-corrected chi connectivity index (χ4v) is 10.5. The average Bonchev–Trinajstić information content (AvgIpc) is 3.46. The molecule has 18 nitrogen and oxygen atoms in total. The molecule has 2 aromatic rings. The van der Waals surface area contributed by atoms with Gasteiger partial charge >= 0.3 is 6.18 Å². The number of carbonyl (C=O) groups excluding carboxylic acids is 8. The number of carbonyl (C=O) groups is 8. The third-order valence-electron chi connectivity index (χ3n) is 16.1. The molecule has 0 aromatic heterocycles. The van der Waals surface area contributed by atoms with Gasteiger partial charge in [-0.3, -0.25) is 48.4 Å². The first-order chi connectivity index (χ1) is 39.1. The Bertz CT molecular complexity index is 2630. The second-order valence-electron chi connectivity index (χ2n) is 23.5. The molecule has 8 bridgehead atoms. The monoisotopic (exact) mass is 1160 g/mol. The number of rotatable bonds is 4. The molecule has 4 aliphatic rings. The van der Waals surface area contributed by atoms with Crippen LogP contribution in [0.25, 0.3) is 12.2 Å². The van der Waals surface area contributed by atoms with Crippen molar-refractivity contribution >= 4 is 59.2 Å². The van der Waals surface area contributed by atoms with Crippen molar-refractivity contribution in [1.82, 2.24) is 42.1 Å². The number of halogens is 3.